The highest BCUT2D eigenvalue weighted by Crippen LogP contribution is 2.34. The number of benzene rings is 2. The molecule has 0 fully saturated rings. The number of rotatable bonds is 5. The van der Waals surface area contributed by atoms with Crippen molar-refractivity contribution in [1.82, 2.24) is 0 Å². The fraction of sp³-hybridized carbons (Fsp3) is 0.200. The van der Waals surface area contributed by atoms with Crippen LogP contribution in [0.3, 0.4) is 0 Å². The van der Waals surface area contributed by atoms with Gasteiger partial charge in [0, 0.05) is 35.3 Å². The van der Waals surface area contributed by atoms with Crippen LogP contribution in [0.2, 0.25) is 5.02 Å². The van der Waals surface area contributed by atoms with Crippen LogP contribution < -0.4 is 19.9 Å². The third-order valence-electron chi connectivity index (χ3n) is 2.83. The zero-order chi connectivity index (χ0) is 14.5. The maximum absolute atomic E-state index is 6.10. The molecule has 0 aliphatic rings. The predicted octanol–water partition coefficient (Wildman–Crippen LogP) is 3.61. The van der Waals surface area contributed by atoms with Gasteiger partial charge in [0.1, 0.15) is 23.0 Å². The maximum Gasteiger partial charge on any atom is 0.134 e. The first-order valence-corrected chi connectivity index (χ1v) is 6.44. The molecule has 0 aromatic heterocycles. The third-order valence-corrected chi connectivity index (χ3v) is 3.19. The second-order valence-electron chi connectivity index (χ2n) is 4.07. The SMILES string of the molecule is COc1cc(OC)cc(Oc2cccc(Cl)c2CN)c1. The normalized spacial score (nSPS) is 10.2. The standard InChI is InChI=1S/C15H16ClNO3/c1-18-10-6-11(19-2)8-12(7-10)20-15-5-3-4-14(16)13(15)9-17/h3-8H,9,17H2,1-2H3. The summed E-state index contributed by atoms with van der Waals surface area (Å²) in [5, 5.41) is 0.583. The molecule has 0 spiro atoms. The molecule has 20 heavy (non-hydrogen) atoms. The quantitative estimate of drug-likeness (QED) is 0.915. The summed E-state index contributed by atoms with van der Waals surface area (Å²) in [4.78, 5) is 0. The van der Waals surface area contributed by atoms with Gasteiger partial charge in [-0.3, -0.25) is 0 Å². The summed E-state index contributed by atoms with van der Waals surface area (Å²) in [6, 6.07) is 10.7. The Bertz CT molecular complexity index is 579. The van der Waals surface area contributed by atoms with Gasteiger partial charge in [0.05, 0.1) is 14.2 Å². The Labute approximate surface area is 123 Å². The van der Waals surface area contributed by atoms with Gasteiger partial charge in [0.2, 0.25) is 0 Å². The lowest BCUT2D eigenvalue weighted by atomic mass is 10.2. The summed E-state index contributed by atoms with van der Waals surface area (Å²) in [7, 11) is 3.17. The lowest BCUT2D eigenvalue weighted by Gasteiger charge is -2.13. The van der Waals surface area contributed by atoms with E-state index in [4.69, 9.17) is 31.5 Å². The molecule has 2 N–H and O–H groups in total. The lowest BCUT2D eigenvalue weighted by Crippen LogP contribution is -2.00. The van der Waals surface area contributed by atoms with E-state index < -0.39 is 0 Å². The molecule has 0 atom stereocenters. The molecule has 0 heterocycles. The first kappa shape index (κ1) is 14.5. The topological polar surface area (TPSA) is 53.7 Å². The zero-order valence-corrected chi connectivity index (χ0v) is 12.1. The highest BCUT2D eigenvalue weighted by atomic mass is 35.5. The fourth-order valence-corrected chi connectivity index (χ4v) is 2.04. The Morgan fingerprint density at radius 1 is 1.00 bits per heavy atom. The number of methoxy groups -OCH3 is 2. The molecule has 0 amide bonds. The van der Waals surface area contributed by atoms with E-state index in [1.807, 2.05) is 12.1 Å². The third kappa shape index (κ3) is 3.15. The molecule has 4 nitrogen and oxygen atoms in total. The molecule has 2 rings (SSSR count). The van der Waals surface area contributed by atoms with Gasteiger partial charge in [-0.05, 0) is 12.1 Å². The number of ether oxygens (including phenoxy) is 3. The van der Waals surface area contributed by atoms with E-state index in [9.17, 15) is 0 Å². The molecule has 0 radical (unpaired) electrons. The number of halogens is 1. The minimum atomic E-state index is 0.302. The van der Waals surface area contributed by atoms with Crippen molar-refractivity contribution in [2.24, 2.45) is 5.73 Å². The Morgan fingerprint density at radius 3 is 2.15 bits per heavy atom. The summed E-state index contributed by atoms with van der Waals surface area (Å²) >= 11 is 6.10. The number of hydrogen-bond donors (Lipinski definition) is 1. The fourth-order valence-electron chi connectivity index (χ4n) is 1.80. The van der Waals surface area contributed by atoms with Crippen molar-refractivity contribution in [3.8, 4) is 23.0 Å². The smallest absolute Gasteiger partial charge is 0.134 e. The van der Waals surface area contributed by atoms with Gasteiger partial charge in [-0.15, -0.1) is 0 Å². The first-order valence-electron chi connectivity index (χ1n) is 6.06. The minimum absolute atomic E-state index is 0.302. The molecule has 2 aromatic carbocycles. The van der Waals surface area contributed by atoms with Gasteiger partial charge < -0.3 is 19.9 Å². The zero-order valence-electron chi connectivity index (χ0n) is 11.4. The molecule has 0 saturated carbocycles. The van der Waals surface area contributed by atoms with Crippen LogP contribution in [-0.4, -0.2) is 14.2 Å². The number of nitrogens with two attached hydrogens (primary N) is 1. The van der Waals surface area contributed by atoms with E-state index in [1.165, 1.54) is 0 Å². The Kier molecular flexibility index (Phi) is 4.71. The van der Waals surface area contributed by atoms with Crippen LogP contribution in [0.1, 0.15) is 5.56 Å². The monoisotopic (exact) mass is 293 g/mol. The second kappa shape index (κ2) is 6.50. The van der Waals surface area contributed by atoms with E-state index in [1.54, 1.807) is 38.5 Å². The molecular weight excluding hydrogens is 278 g/mol. The van der Waals surface area contributed by atoms with E-state index in [0.717, 1.165) is 5.56 Å². The minimum Gasteiger partial charge on any atom is -0.496 e. The summed E-state index contributed by atoms with van der Waals surface area (Å²) in [6.07, 6.45) is 0. The van der Waals surface area contributed by atoms with Crippen molar-refractivity contribution in [2.45, 2.75) is 6.54 Å². The van der Waals surface area contributed by atoms with Crippen LogP contribution in [0.4, 0.5) is 0 Å². The van der Waals surface area contributed by atoms with Crippen molar-refractivity contribution in [2.75, 3.05) is 14.2 Å². The van der Waals surface area contributed by atoms with Crippen LogP contribution in [0.25, 0.3) is 0 Å². The van der Waals surface area contributed by atoms with Gasteiger partial charge in [-0.25, -0.2) is 0 Å². The van der Waals surface area contributed by atoms with Crippen LogP contribution in [0, 0.1) is 0 Å². The largest absolute Gasteiger partial charge is 0.496 e. The molecule has 2 aromatic rings. The van der Waals surface area contributed by atoms with E-state index in [0.29, 0.717) is 34.6 Å². The Hall–Kier alpha value is -1.91. The van der Waals surface area contributed by atoms with Crippen molar-refractivity contribution in [3.05, 3.63) is 47.0 Å². The molecular formula is C15H16ClNO3. The van der Waals surface area contributed by atoms with Crippen LogP contribution >= 0.6 is 11.6 Å². The van der Waals surface area contributed by atoms with Crippen molar-refractivity contribution >= 4 is 11.6 Å². The lowest BCUT2D eigenvalue weighted by molar-refractivity contribution is 0.386. The summed E-state index contributed by atoms with van der Waals surface area (Å²) in [5.41, 5.74) is 6.46. The van der Waals surface area contributed by atoms with E-state index >= 15 is 0 Å². The molecule has 5 heteroatoms. The highest BCUT2D eigenvalue weighted by molar-refractivity contribution is 6.31. The first-order chi connectivity index (χ1) is 9.67. The number of hydrogen-bond acceptors (Lipinski definition) is 4. The summed E-state index contributed by atoms with van der Waals surface area (Å²) in [6.45, 7) is 0.302. The van der Waals surface area contributed by atoms with E-state index in [-0.39, 0.29) is 0 Å². The predicted molar refractivity (Wildman–Crippen MR) is 79.0 cm³/mol. The molecule has 0 aliphatic heterocycles. The Balaban J connectivity index is 2.37. The van der Waals surface area contributed by atoms with Gasteiger partial charge >= 0.3 is 0 Å². The van der Waals surface area contributed by atoms with Gasteiger partial charge in [0.25, 0.3) is 0 Å². The van der Waals surface area contributed by atoms with Crippen molar-refractivity contribution in [3.63, 3.8) is 0 Å². The van der Waals surface area contributed by atoms with Crippen LogP contribution in [0.15, 0.2) is 36.4 Å². The summed E-state index contributed by atoms with van der Waals surface area (Å²) in [5.74, 6) is 2.51. The van der Waals surface area contributed by atoms with E-state index in [2.05, 4.69) is 0 Å². The van der Waals surface area contributed by atoms with Crippen molar-refractivity contribution in [1.29, 1.82) is 0 Å². The average Bonchev–Trinajstić information content (AvgIpc) is 2.47. The van der Waals surface area contributed by atoms with Gasteiger partial charge in [0.15, 0.2) is 0 Å². The van der Waals surface area contributed by atoms with Gasteiger partial charge in [-0.2, -0.15) is 0 Å². The van der Waals surface area contributed by atoms with Crippen LogP contribution in [0.5, 0.6) is 23.0 Å². The van der Waals surface area contributed by atoms with Crippen LogP contribution in [-0.2, 0) is 6.54 Å². The second-order valence-corrected chi connectivity index (χ2v) is 4.48. The van der Waals surface area contributed by atoms with Crippen molar-refractivity contribution < 1.29 is 14.2 Å². The highest BCUT2D eigenvalue weighted by Gasteiger charge is 2.09. The molecule has 0 aliphatic carbocycles. The Morgan fingerprint density at radius 2 is 1.60 bits per heavy atom. The molecule has 106 valence electrons. The average molecular weight is 294 g/mol. The summed E-state index contributed by atoms with van der Waals surface area (Å²) < 4.78 is 16.3. The molecule has 0 saturated heterocycles. The maximum atomic E-state index is 6.10. The molecule has 0 bridgehead atoms. The molecule has 0 unspecified atom stereocenters. The van der Waals surface area contributed by atoms with Gasteiger partial charge in [-0.1, -0.05) is 17.7 Å².